The van der Waals surface area contributed by atoms with Crippen molar-refractivity contribution in [3.8, 4) is 5.75 Å². The van der Waals surface area contributed by atoms with E-state index in [9.17, 15) is 4.79 Å². The van der Waals surface area contributed by atoms with Crippen molar-refractivity contribution in [1.82, 2.24) is 0 Å². The van der Waals surface area contributed by atoms with E-state index in [0.717, 1.165) is 33.8 Å². The van der Waals surface area contributed by atoms with Gasteiger partial charge in [0.05, 0.1) is 22.9 Å². The Labute approximate surface area is 187 Å². The molecule has 1 aliphatic rings. The van der Waals surface area contributed by atoms with Gasteiger partial charge >= 0.3 is 0 Å². The first-order chi connectivity index (χ1) is 15.1. The number of carbonyl (C=O) groups excluding carboxylic acids is 1. The lowest BCUT2D eigenvalue weighted by molar-refractivity contribution is -0.113. The maximum atomic E-state index is 13.4. The number of hydrogen-bond donors (Lipinski definition) is 0. The quantitative estimate of drug-likeness (QED) is 0.435. The first-order valence-electron chi connectivity index (χ1n) is 10.2. The molecule has 0 spiro atoms. The van der Waals surface area contributed by atoms with Crippen molar-refractivity contribution in [2.75, 3.05) is 11.5 Å². The molecule has 0 aromatic heterocycles. The molecule has 4 rings (SSSR count). The third-order valence-corrected chi connectivity index (χ3v) is 5.95. The summed E-state index contributed by atoms with van der Waals surface area (Å²) in [5.41, 5.74) is 4.75. The standard InChI is InChI=1S/C26H24N2O2S/c1-4-30-21-15-13-20(14-16-21)17-24-25(29)28(23-12-8-6-10-19(23)3)26(31-24)27-22-11-7-5-9-18(22)2/h5-17H,4H2,1-3H3. The number of carbonyl (C=O) groups is 1. The molecule has 5 heteroatoms. The summed E-state index contributed by atoms with van der Waals surface area (Å²) in [5.74, 6) is 0.749. The van der Waals surface area contributed by atoms with Gasteiger partial charge in [0.15, 0.2) is 5.17 Å². The van der Waals surface area contributed by atoms with Crippen molar-refractivity contribution in [2.45, 2.75) is 20.8 Å². The number of amides is 1. The van der Waals surface area contributed by atoms with Gasteiger partial charge in [0, 0.05) is 0 Å². The van der Waals surface area contributed by atoms with E-state index in [0.29, 0.717) is 16.7 Å². The van der Waals surface area contributed by atoms with Crippen molar-refractivity contribution >= 4 is 40.3 Å². The molecule has 1 aliphatic heterocycles. The lowest BCUT2D eigenvalue weighted by Crippen LogP contribution is -2.29. The van der Waals surface area contributed by atoms with Crippen LogP contribution in [0.2, 0.25) is 0 Å². The molecule has 4 nitrogen and oxygen atoms in total. The molecule has 3 aromatic carbocycles. The van der Waals surface area contributed by atoms with Gasteiger partial charge in [0.2, 0.25) is 0 Å². The summed E-state index contributed by atoms with van der Waals surface area (Å²) >= 11 is 1.40. The lowest BCUT2D eigenvalue weighted by Gasteiger charge is -2.18. The zero-order valence-electron chi connectivity index (χ0n) is 17.8. The molecule has 156 valence electrons. The van der Waals surface area contributed by atoms with Gasteiger partial charge in [-0.05, 0) is 79.6 Å². The Kier molecular flexibility index (Phi) is 6.23. The molecule has 31 heavy (non-hydrogen) atoms. The minimum atomic E-state index is -0.0690. The Hall–Kier alpha value is -3.31. The molecule has 3 aromatic rings. The number of thioether (sulfide) groups is 1. The number of nitrogens with zero attached hydrogens (tertiary/aromatic N) is 2. The van der Waals surface area contributed by atoms with Crippen LogP contribution in [0, 0.1) is 13.8 Å². The number of amidine groups is 1. The van der Waals surface area contributed by atoms with Crippen molar-refractivity contribution in [1.29, 1.82) is 0 Å². The first kappa shape index (κ1) is 20.9. The summed E-state index contributed by atoms with van der Waals surface area (Å²) in [6.07, 6.45) is 1.91. The topological polar surface area (TPSA) is 41.9 Å². The fourth-order valence-corrected chi connectivity index (χ4v) is 4.33. The Morgan fingerprint density at radius 1 is 0.935 bits per heavy atom. The molecular weight excluding hydrogens is 404 g/mol. The third kappa shape index (κ3) is 4.57. The Balaban J connectivity index is 1.75. The maximum absolute atomic E-state index is 13.4. The van der Waals surface area contributed by atoms with E-state index in [1.807, 2.05) is 99.6 Å². The highest BCUT2D eigenvalue weighted by Gasteiger charge is 2.35. The summed E-state index contributed by atoms with van der Waals surface area (Å²) in [6, 6.07) is 23.6. The third-order valence-electron chi connectivity index (χ3n) is 4.98. The minimum Gasteiger partial charge on any atom is -0.494 e. The second-order valence-electron chi connectivity index (χ2n) is 7.22. The number of benzene rings is 3. The van der Waals surface area contributed by atoms with E-state index >= 15 is 0 Å². The molecular formula is C26H24N2O2S. The molecule has 0 bridgehead atoms. The highest BCUT2D eigenvalue weighted by atomic mass is 32.2. The Morgan fingerprint density at radius 3 is 2.29 bits per heavy atom. The van der Waals surface area contributed by atoms with Crippen LogP contribution in [0.4, 0.5) is 11.4 Å². The highest BCUT2D eigenvalue weighted by Crippen LogP contribution is 2.38. The van der Waals surface area contributed by atoms with Crippen LogP contribution in [0.25, 0.3) is 6.08 Å². The van der Waals surface area contributed by atoms with Crippen LogP contribution in [0.3, 0.4) is 0 Å². The molecule has 1 fully saturated rings. The average Bonchev–Trinajstić information content (AvgIpc) is 3.06. The molecule has 0 atom stereocenters. The average molecular weight is 429 g/mol. The molecule has 1 amide bonds. The lowest BCUT2D eigenvalue weighted by atomic mass is 10.1. The molecule has 0 saturated carbocycles. The fraction of sp³-hybridized carbons (Fsp3) is 0.154. The van der Waals surface area contributed by atoms with Gasteiger partial charge in [-0.25, -0.2) is 4.99 Å². The zero-order chi connectivity index (χ0) is 21.8. The van der Waals surface area contributed by atoms with Crippen LogP contribution < -0.4 is 9.64 Å². The highest BCUT2D eigenvalue weighted by molar-refractivity contribution is 8.19. The number of para-hydroxylation sites is 2. The van der Waals surface area contributed by atoms with E-state index in [4.69, 9.17) is 9.73 Å². The van der Waals surface area contributed by atoms with Gasteiger partial charge in [-0.2, -0.15) is 0 Å². The van der Waals surface area contributed by atoms with Gasteiger partial charge in [-0.1, -0.05) is 48.5 Å². The molecule has 0 unspecified atom stereocenters. The Morgan fingerprint density at radius 2 is 1.61 bits per heavy atom. The maximum Gasteiger partial charge on any atom is 0.271 e. The second-order valence-corrected chi connectivity index (χ2v) is 8.23. The van der Waals surface area contributed by atoms with Crippen LogP contribution in [0.15, 0.2) is 82.7 Å². The van der Waals surface area contributed by atoms with E-state index in [2.05, 4.69) is 0 Å². The number of ether oxygens (including phenoxy) is 1. The molecule has 0 N–H and O–H groups in total. The smallest absolute Gasteiger partial charge is 0.271 e. The van der Waals surface area contributed by atoms with Crippen molar-refractivity contribution in [3.05, 3.63) is 94.4 Å². The van der Waals surface area contributed by atoms with Gasteiger partial charge in [0.25, 0.3) is 5.91 Å². The monoisotopic (exact) mass is 428 g/mol. The molecule has 1 saturated heterocycles. The Bertz CT molecular complexity index is 1170. The van der Waals surface area contributed by atoms with Crippen LogP contribution in [-0.4, -0.2) is 17.7 Å². The largest absolute Gasteiger partial charge is 0.494 e. The summed E-state index contributed by atoms with van der Waals surface area (Å²) in [5, 5.41) is 0.658. The van der Waals surface area contributed by atoms with Crippen LogP contribution in [0.1, 0.15) is 23.6 Å². The number of aliphatic imine (C=N–C) groups is 1. The number of rotatable bonds is 5. The van der Waals surface area contributed by atoms with Gasteiger partial charge in [-0.3, -0.25) is 9.69 Å². The van der Waals surface area contributed by atoms with Gasteiger partial charge in [-0.15, -0.1) is 0 Å². The van der Waals surface area contributed by atoms with Gasteiger partial charge < -0.3 is 4.74 Å². The van der Waals surface area contributed by atoms with E-state index < -0.39 is 0 Å². The summed E-state index contributed by atoms with van der Waals surface area (Å²) in [7, 11) is 0. The number of hydrogen-bond acceptors (Lipinski definition) is 4. The van der Waals surface area contributed by atoms with Crippen molar-refractivity contribution in [2.24, 2.45) is 4.99 Å². The van der Waals surface area contributed by atoms with Crippen LogP contribution >= 0.6 is 11.8 Å². The van der Waals surface area contributed by atoms with Crippen LogP contribution in [-0.2, 0) is 4.79 Å². The normalized spacial score (nSPS) is 16.4. The molecule has 0 radical (unpaired) electrons. The number of anilines is 1. The summed E-state index contributed by atoms with van der Waals surface area (Å²) in [4.78, 5) is 20.7. The van der Waals surface area contributed by atoms with Crippen LogP contribution in [0.5, 0.6) is 5.75 Å². The van der Waals surface area contributed by atoms with E-state index in [1.54, 1.807) is 4.90 Å². The second kappa shape index (κ2) is 9.23. The summed E-state index contributed by atoms with van der Waals surface area (Å²) in [6.45, 7) is 6.61. The SMILES string of the molecule is CCOc1ccc(C=C2SC(=Nc3ccccc3C)N(c3ccccc3C)C2=O)cc1. The number of aryl methyl sites for hydroxylation is 2. The van der Waals surface area contributed by atoms with Crippen molar-refractivity contribution in [3.63, 3.8) is 0 Å². The zero-order valence-corrected chi connectivity index (χ0v) is 18.6. The minimum absolute atomic E-state index is 0.0690. The van der Waals surface area contributed by atoms with Crippen molar-refractivity contribution < 1.29 is 9.53 Å². The first-order valence-corrected chi connectivity index (χ1v) is 11.1. The van der Waals surface area contributed by atoms with E-state index in [-0.39, 0.29) is 5.91 Å². The predicted octanol–water partition coefficient (Wildman–Crippen LogP) is 6.51. The molecule has 0 aliphatic carbocycles. The summed E-state index contributed by atoms with van der Waals surface area (Å²) < 4.78 is 5.51. The predicted molar refractivity (Wildman–Crippen MR) is 130 cm³/mol. The van der Waals surface area contributed by atoms with E-state index in [1.165, 1.54) is 11.8 Å². The molecule has 1 heterocycles. The van der Waals surface area contributed by atoms with Gasteiger partial charge in [0.1, 0.15) is 5.75 Å². The fourth-order valence-electron chi connectivity index (χ4n) is 3.35.